The monoisotopic (exact) mass is 679 g/mol. The summed E-state index contributed by atoms with van der Waals surface area (Å²) in [5.74, 6) is -0.867. The maximum atomic E-state index is 14.2. The summed E-state index contributed by atoms with van der Waals surface area (Å²) in [6, 6.07) is 20.3. The van der Waals surface area contributed by atoms with Crippen LogP contribution in [0.4, 0.5) is 5.69 Å². The number of carbonyl (C=O) groups excluding carboxylic acids is 2. The highest BCUT2D eigenvalue weighted by atomic mass is 79.9. The van der Waals surface area contributed by atoms with Crippen LogP contribution >= 0.6 is 39.1 Å². The van der Waals surface area contributed by atoms with Crippen molar-refractivity contribution in [2.45, 2.75) is 50.7 Å². The minimum atomic E-state index is -3.88. The molecule has 0 aliphatic heterocycles. The molecule has 1 aliphatic rings. The summed E-state index contributed by atoms with van der Waals surface area (Å²) in [5, 5.41) is 3.82. The van der Waals surface area contributed by atoms with Crippen molar-refractivity contribution in [3.8, 4) is 0 Å². The highest BCUT2D eigenvalue weighted by molar-refractivity contribution is 9.10. The summed E-state index contributed by atoms with van der Waals surface area (Å²) in [7, 11) is -3.88. The molecule has 0 unspecified atom stereocenters. The predicted molar refractivity (Wildman–Crippen MR) is 168 cm³/mol. The number of amides is 2. The van der Waals surface area contributed by atoms with Crippen LogP contribution < -0.4 is 9.62 Å². The molecule has 0 saturated heterocycles. The molecule has 0 spiro atoms. The fraction of sp³-hybridized carbons (Fsp3) is 0.333. The third-order valence-electron chi connectivity index (χ3n) is 7.16. The lowest BCUT2D eigenvalue weighted by Crippen LogP contribution is -2.54. The molecule has 1 atom stereocenters. The molecule has 4 rings (SSSR count). The summed E-state index contributed by atoms with van der Waals surface area (Å²) in [5.41, 5.74) is 1.64. The van der Waals surface area contributed by atoms with Crippen LogP contribution in [0.5, 0.6) is 0 Å². The fourth-order valence-electron chi connectivity index (χ4n) is 5.02. The van der Waals surface area contributed by atoms with Crippen molar-refractivity contribution in [3.63, 3.8) is 0 Å². The fourth-order valence-corrected chi connectivity index (χ4v) is 7.02. The van der Waals surface area contributed by atoms with Crippen molar-refractivity contribution in [1.29, 1.82) is 0 Å². The van der Waals surface area contributed by atoms with Crippen molar-refractivity contribution >= 4 is 66.7 Å². The Labute approximate surface area is 260 Å². The number of nitrogens with zero attached hydrogens (tertiary/aromatic N) is 2. The van der Waals surface area contributed by atoms with E-state index in [-0.39, 0.29) is 24.9 Å². The van der Waals surface area contributed by atoms with Crippen LogP contribution in [-0.4, -0.2) is 50.0 Å². The molecular weight excluding hydrogens is 649 g/mol. The first kappa shape index (κ1) is 31.3. The Morgan fingerprint density at radius 3 is 2.17 bits per heavy atom. The molecule has 2 amide bonds. The van der Waals surface area contributed by atoms with Crippen molar-refractivity contribution < 1.29 is 18.0 Å². The summed E-state index contributed by atoms with van der Waals surface area (Å²) in [6.07, 6.45) is 5.07. The van der Waals surface area contributed by atoms with Crippen molar-refractivity contribution in [2.75, 3.05) is 17.1 Å². The number of para-hydroxylation sites is 1. The Morgan fingerprint density at radius 1 is 0.951 bits per heavy atom. The van der Waals surface area contributed by atoms with E-state index in [0.717, 1.165) is 41.8 Å². The van der Waals surface area contributed by atoms with E-state index >= 15 is 0 Å². The Hall–Kier alpha value is -2.59. The van der Waals surface area contributed by atoms with Crippen LogP contribution in [0.1, 0.15) is 36.8 Å². The van der Waals surface area contributed by atoms with Gasteiger partial charge in [0.1, 0.15) is 12.6 Å². The molecule has 1 saturated carbocycles. The molecule has 0 heterocycles. The smallest absolute Gasteiger partial charge is 0.244 e. The SMILES string of the molecule is CS(=O)(=O)N(CC(=O)N(Cc1c(Cl)cccc1Cl)[C@H](Cc1ccccc1)C(=O)NC1CCCC1)c1ccccc1Br. The quantitative estimate of drug-likeness (QED) is 0.261. The van der Waals surface area contributed by atoms with Gasteiger partial charge < -0.3 is 10.2 Å². The first-order chi connectivity index (χ1) is 19.5. The summed E-state index contributed by atoms with van der Waals surface area (Å²) >= 11 is 16.4. The largest absolute Gasteiger partial charge is 0.352 e. The first-order valence-electron chi connectivity index (χ1n) is 13.3. The average molecular weight is 681 g/mol. The molecular formula is C30H32BrCl2N3O4S. The second kappa shape index (κ2) is 14.1. The van der Waals surface area contributed by atoms with E-state index in [1.807, 2.05) is 30.3 Å². The molecule has 3 aromatic carbocycles. The van der Waals surface area contributed by atoms with Gasteiger partial charge in [0.05, 0.1) is 11.9 Å². The van der Waals surface area contributed by atoms with Crippen LogP contribution in [0, 0.1) is 0 Å². The van der Waals surface area contributed by atoms with Gasteiger partial charge in [0.2, 0.25) is 21.8 Å². The summed E-state index contributed by atoms with van der Waals surface area (Å²) < 4.78 is 27.4. The molecule has 0 bridgehead atoms. The Morgan fingerprint density at radius 2 is 1.56 bits per heavy atom. The van der Waals surface area contributed by atoms with Gasteiger partial charge in [0.15, 0.2) is 0 Å². The van der Waals surface area contributed by atoms with Crippen LogP contribution in [0.2, 0.25) is 10.0 Å². The minimum Gasteiger partial charge on any atom is -0.352 e. The number of rotatable bonds is 11. The number of hydrogen-bond acceptors (Lipinski definition) is 4. The second-order valence-electron chi connectivity index (χ2n) is 10.1. The molecule has 218 valence electrons. The van der Waals surface area contributed by atoms with Crippen LogP contribution in [0.25, 0.3) is 0 Å². The third kappa shape index (κ3) is 8.25. The molecule has 1 fully saturated rings. The van der Waals surface area contributed by atoms with Crippen molar-refractivity contribution in [3.05, 3.63) is 98.4 Å². The van der Waals surface area contributed by atoms with Gasteiger partial charge in [-0.25, -0.2) is 8.42 Å². The second-order valence-corrected chi connectivity index (χ2v) is 13.7. The van der Waals surface area contributed by atoms with E-state index in [1.54, 1.807) is 42.5 Å². The lowest BCUT2D eigenvalue weighted by molar-refractivity contribution is -0.140. The van der Waals surface area contributed by atoms with Gasteiger partial charge in [-0.05, 0) is 58.6 Å². The first-order valence-corrected chi connectivity index (χ1v) is 16.7. The lowest BCUT2D eigenvalue weighted by Gasteiger charge is -2.34. The zero-order valence-corrected chi connectivity index (χ0v) is 26.5. The van der Waals surface area contributed by atoms with Gasteiger partial charge in [-0.1, -0.05) is 84.6 Å². The Kier molecular flexibility index (Phi) is 10.7. The molecule has 1 N–H and O–H groups in total. The topological polar surface area (TPSA) is 86.8 Å². The van der Waals surface area contributed by atoms with E-state index in [9.17, 15) is 18.0 Å². The number of anilines is 1. The molecule has 3 aromatic rings. The van der Waals surface area contributed by atoms with E-state index in [2.05, 4.69) is 21.2 Å². The average Bonchev–Trinajstić information content (AvgIpc) is 3.44. The summed E-state index contributed by atoms with van der Waals surface area (Å²) in [6.45, 7) is -0.605. The maximum Gasteiger partial charge on any atom is 0.244 e. The van der Waals surface area contributed by atoms with Crippen molar-refractivity contribution in [2.24, 2.45) is 0 Å². The van der Waals surface area contributed by atoms with Crippen LogP contribution in [0.15, 0.2) is 77.3 Å². The van der Waals surface area contributed by atoms with Crippen molar-refractivity contribution in [1.82, 2.24) is 10.2 Å². The van der Waals surface area contributed by atoms with Crippen LogP contribution in [0.3, 0.4) is 0 Å². The molecule has 11 heteroatoms. The van der Waals surface area contributed by atoms with Crippen LogP contribution in [-0.2, 0) is 32.6 Å². The highest BCUT2D eigenvalue weighted by Crippen LogP contribution is 2.30. The normalized spacial score (nSPS) is 14.4. The number of hydrogen-bond donors (Lipinski definition) is 1. The Bertz CT molecular complexity index is 1460. The summed E-state index contributed by atoms with van der Waals surface area (Å²) in [4.78, 5) is 29.5. The van der Waals surface area contributed by atoms with E-state index in [4.69, 9.17) is 23.2 Å². The Balaban J connectivity index is 1.77. The number of carbonyl (C=O) groups is 2. The third-order valence-corrected chi connectivity index (χ3v) is 9.67. The van der Waals surface area contributed by atoms with E-state index < -0.39 is 28.5 Å². The highest BCUT2D eigenvalue weighted by Gasteiger charge is 2.35. The molecule has 1 aliphatic carbocycles. The van der Waals surface area contributed by atoms with Gasteiger partial charge in [-0.3, -0.25) is 13.9 Å². The maximum absolute atomic E-state index is 14.2. The zero-order chi connectivity index (χ0) is 29.6. The van der Waals surface area contributed by atoms with Gasteiger partial charge in [0, 0.05) is 39.1 Å². The number of nitrogens with one attached hydrogen (secondary N) is 1. The van der Waals surface area contributed by atoms with E-state index in [1.165, 1.54) is 4.90 Å². The predicted octanol–water partition coefficient (Wildman–Crippen LogP) is 6.22. The molecule has 0 radical (unpaired) electrons. The molecule has 7 nitrogen and oxygen atoms in total. The van der Waals surface area contributed by atoms with Gasteiger partial charge in [0.25, 0.3) is 0 Å². The van der Waals surface area contributed by atoms with Gasteiger partial charge >= 0.3 is 0 Å². The zero-order valence-electron chi connectivity index (χ0n) is 22.6. The molecule has 0 aromatic heterocycles. The standard InChI is InChI=1S/C30H32BrCl2N3O4S/c1-41(39,40)36(27-17-8-7-14-24(27)31)20-29(37)35(19-23-25(32)15-9-16-26(23)33)28(18-21-10-3-2-4-11-21)30(38)34-22-12-5-6-13-22/h2-4,7-11,14-17,22,28H,5-6,12-13,18-20H2,1H3,(H,34,38)/t28-/m1/s1. The van der Waals surface area contributed by atoms with Gasteiger partial charge in [-0.15, -0.1) is 0 Å². The number of sulfonamides is 1. The number of halogens is 3. The lowest BCUT2D eigenvalue weighted by atomic mass is 10.0. The van der Waals surface area contributed by atoms with E-state index in [0.29, 0.717) is 25.8 Å². The molecule has 41 heavy (non-hydrogen) atoms. The minimum absolute atomic E-state index is 0.0226. The van der Waals surface area contributed by atoms with Gasteiger partial charge in [-0.2, -0.15) is 0 Å². The number of benzene rings is 3.